The molecule has 56 heavy (non-hydrogen) atoms. The first-order chi connectivity index (χ1) is 27.8. The first-order valence-corrected chi connectivity index (χ1v) is 19.1. The number of fused-ring (bicyclic) bond motifs is 14. The Morgan fingerprint density at radius 2 is 0.804 bits per heavy atom. The Bertz CT molecular complexity index is 3080. The van der Waals surface area contributed by atoms with Gasteiger partial charge in [-0.15, -0.1) is 0 Å². The van der Waals surface area contributed by atoms with E-state index in [9.17, 15) is 0 Å². The average molecular weight is 713 g/mol. The zero-order chi connectivity index (χ0) is 36.8. The van der Waals surface area contributed by atoms with Gasteiger partial charge in [-0.05, 0) is 69.3 Å². The Morgan fingerprint density at radius 1 is 0.339 bits per heavy atom. The third-order valence-electron chi connectivity index (χ3n) is 11.9. The highest BCUT2D eigenvalue weighted by Crippen LogP contribution is 2.64. The van der Waals surface area contributed by atoms with Gasteiger partial charge >= 0.3 is 0 Å². The summed E-state index contributed by atoms with van der Waals surface area (Å²) in [6.45, 7) is 0. The fourth-order valence-corrected chi connectivity index (χ4v) is 9.60. The molecule has 0 N–H and O–H groups in total. The molecule has 0 radical (unpaired) electrons. The van der Waals surface area contributed by atoms with Gasteiger partial charge in [0.05, 0.1) is 16.4 Å². The molecule has 0 saturated carbocycles. The van der Waals surface area contributed by atoms with Crippen molar-refractivity contribution in [1.82, 2.24) is 19.5 Å². The van der Waals surface area contributed by atoms with E-state index in [1.54, 1.807) is 0 Å². The van der Waals surface area contributed by atoms with Crippen LogP contribution in [-0.2, 0) is 5.41 Å². The molecule has 0 saturated heterocycles. The predicted molar refractivity (Wildman–Crippen MR) is 227 cm³/mol. The van der Waals surface area contributed by atoms with Crippen LogP contribution in [0.25, 0.3) is 83.9 Å². The van der Waals surface area contributed by atoms with Gasteiger partial charge in [-0.3, -0.25) is 0 Å². The molecule has 2 aliphatic rings. The van der Waals surface area contributed by atoms with Gasteiger partial charge in [0.2, 0.25) is 0 Å². The summed E-state index contributed by atoms with van der Waals surface area (Å²) < 4.78 is 2.47. The molecule has 4 heteroatoms. The molecule has 2 aromatic heterocycles. The maximum Gasteiger partial charge on any atom is 0.164 e. The first kappa shape index (κ1) is 31.0. The lowest BCUT2D eigenvalue weighted by atomic mass is 9.70. The zero-order valence-electron chi connectivity index (χ0n) is 30.3. The van der Waals surface area contributed by atoms with E-state index in [4.69, 9.17) is 15.0 Å². The number of para-hydroxylation sites is 1. The van der Waals surface area contributed by atoms with Crippen LogP contribution in [0.3, 0.4) is 0 Å². The minimum Gasteiger partial charge on any atom is -0.309 e. The molecule has 12 rings (SSSR count). The molecule has 1 spiro atoms. The molecule has 0 atom stereocenters. The topological polar surface area (TPSA) is 43.6 Å². The summed E-state index contributed by atoms with van der Waals surface area (Å²) >= 11 is 0. The van der Waals surface area contributed by atoms with Crippen LogP contribution in [0.2, 0.25) is 0 Å². The number of nitrogens with zero attached hydrogens (tertiary/aromatic N) is 4. The fraction of sp³-hybridized carbons (Fsp3) is 0.0192. The lowest BCUT2D eigenvalue weighted by Gasteiger charge is -2.30. The van der Waals surface area contributed by atoms with E-state index in [-0.39, 0.29) is 0 Å². The zero-order valence-corrected chi connectivity index (χ0v) is 30.3. The summed E-state index contributed by atoms with van der Waals surface area (Å²) in [4.78, 5) is 14.9. The van der Waals surface area contributed by atoms with Crippen molar-refractivity contribution >= 4 is 21.8 Å². The first-order valence-electron chi connectivity index (χ1n) is 19.1. The van der Waals surface area contributed by atoms with Crippen molar-refractivity contribution in [2.45, 2.75) is 5.41 Å². The van der Waals surface area contributed by atoms with Crippen molar-refractivity contribution in [2.75, 3.05) is 0 Å². The Hall–Kier alpha value is -7.43. The largest absolute Gasteiger partial charge is 0.309 e. The summed E-state index contributed by atoms with van der Waals surface area (Å²) in [5.41, 5.74) is 16.5. The number of rotatable bonds is 4. The molecule has 10 aromatic rings. The Kier molecular flexibility index (Phi) is 6.52. The quantitative estimate of drug-likeness (QED) is 0.182. The van der Waals surface area contributed by atoms with Crippen LogP contribution in [0.1, 0.15) is 22.3 Å². The van der Waals surface area contributed by atoms with E-state index in [0.29, 0.717) is 17.5 Å². The van der Waals surface area contributed by atoms with Gasteiger partial charge in [-0.1, -0.05) is 164 Å². The summed E-state index contributed by atoms with van der Waals surface area (Å²) in [5.74, 6) is 1.94. The molecule has 0 amide bonds. The highest BCUT2D eigenvalue weighted by molar-refractivity contribution is 6.16. The molecule has 2 aliphatic carbocycles. The maximum atomic E-state index is 5.01. The molecular weight excluding hydrogens is 681 g/mol. The van der Waals surface area contributed by atoms with Gasteiger partial charge < -0.3 is 4.57 Å². The van der Waals surface area contributed by atoms with Crippen molar-refractivity contribution in [2.24, 2.45) is 0 Å². The fourth-order valence-electron chi connectivity index (χ4n) is 9.60. The van der Waals surface area contributed by atoms with Gasteiger partial charge in [0.15, 0.2) is 17.5 Å². The lowest BCUT2D eigenvalue weighted by molar-refractivity contribution is 0.794. The van der Waals surface area contributed by atoms with E-state index < -0.39 is 5.41 Å². The minimum atomic E-state index is -0.413. The number of aromatic nitrogens is 4. The van der Waals surface area contributed by atoms with E-state index in [1.807, 2.05) is 60.7 Å². The van der Waals surface area contributed by atoms with Crippen LogP contribution in [0, 0.1) is 0 Å². The molecule has 0 fully saturated rings. The number of hydrogen-bond acceptors (Lipinski definition) is 3. The van der Waals surface area contributed by atoms with Crippen LogP contribution in [0.15, 0.2) is 194 Å². The Labute approximate surface area is 324 Å². The molecule has 2 heterocycles. The minimum absolute atomic E-state index is 0.413. The molecular formula is C52H32N4. The van der Waals surface area contributed by atoms with Crippen LogP contribution in [0.4, 0.5) is 0 Å². The molecule has 0 aliphatic heterocycles. The molecule has 260 valence electrons. The highest BCUT2D eigenvalue weighted by atomic mass is 15.0. The number of benzene rings is 8. The van der Waals surface area contributed by atoms with Crippen molar-refractivity contribution < 1.29 is 0 Å². The maximum absolute atomic E-state index is 5.01. The van der Waals surface area contributed by atoms with Gasteiger partial charge in [-0.2, -0.15) is 0 Å². The van der Waals surface area contributed by atoms with Gasteiger partial charge in [0.1, 0.15) is 0 Å². The van der Waals surface area contributed by atoms with Gasteiger partial charge in [0.25, 0.3) is 0 Å². The third-order valence-corrected chi connectivity index (χ3v) is 11.9. The average Bonchev–Trinajstić information content (AvgIpc) is 3.89. The Morgan fingerprint density at radius 3 is 1.39 bits per heavy atom. The highest BCUT2D eigenvalue weighted by Gasteiger charge is 2.52. The summed E-state index contributed by atoms with van der Waals surface area (Å²) in [5, 5.41) is 2.48. The van der Waals surface area contributed by atoms with Crippen molar-refractivity contribution in [1.29, 1.82) is 0 Å². The predicted octanol–water partition coefficient (Wildman–Crippen LogP) is 12.3. The second-order valence-electron chi connectivity index (χ2n) is 14.7. The molecule has 0 unspecified atom stereocenters. The molecule has 8 aromatic carbocycles. The molecule has 4 nitrogen and oxygen atoms in total. The van der Waals surface area contributed by atoms with Crippen molar-refractivity contribution in [3.63, 3.8) is 0 Å². The third kappa shape index (κ3) is 4.21. The standard InChI is InChI=1S/C52H32N4/c1-3-15-33(16-4-1)49-53-50(34-17-5-2-6-18-34)55-51(54-49)35-27-29-36(30-28-35)56-46-26-14-10-21-39(46)40-31-32-45-47(48(40)56)41-22-9-13-25-44(41)52(45)42-23-11-7-19-37(42)38-20-8-12-24-43(38)52/h1-32H. The van der Waals surface area contributed by atoms with Gasteiger partial charge in [0, 0.05) is 38.7 Å². The second-order valence-corrected chi connectivity index (χ2v) is 14.7. The summed E-state index contributed by atoms with van der Waals surface area (Å²) in [7, 11) is 0. The van der Waals surface area contributed by atoms with Crippen LogP contribution < -0.4 is 0 Å². The second kappa shape index (κ2) is 11.8. The van der Waals surface area contributed by atoms with Crippen LogP contribution in [-0.4, -0.2) is 19.5 Å². The van der Waals surface area contributed by atoms with E-state index in [1.165, 1.54) is 66.3 Å². The monoisotopic (exact) mass is 712 g/mol. The van der Waals surface area contributed by atoms with Crippen LogP contribution in [0.5, 0.6) is 0 Å². The van der Waals surface area contributed by atoms with Crippen LogP contribution >= 0.6 is 0 Å². The molecule has 0 bridgehead atoms. The lowest BCUT2D eigenvalue weighted by Crippen LogP contribution is -2.25. The van der Waals surface area contributed by atoms with E-state index >= 15 is 0 Å². The van der Waals surface area contributed by atoms with E-state index in [0.717, 1.165) is 22.4 Å². The Balaban J connectivity index is 1.09. The number of hydrogen-bond donors (Lipinski definition) is 0. The SMILES string of the molecule is c1ccc(-c2nc(-c3ccccc3)nc(-c3ccc(-n4c5ccccc5c5ccc6c(c54)-c4ccccc4C64c5ccccc5-c5ccccc54)cc3)n2)cc1. The van der Waals surface area contributed by atoms with Gasteiger partial charge in [-0.25, -0.2) is 15.0 Å². The van der Waals surface area contributed by atoms with Crippen molar-refractivity contribution in [3.05, 3.63) is 216 Å². The summed E-state index contributed by atoms with van der Waals surface area (Å²) in [6.07, 6.45) is 0. The normalized spacial score (nSPS) is 13.1. The van der Waals surface area contributed by atoms with E-state index in [2.05, 4.69) is 138 Å². The smallest absolute Gasteiger partial charge is 0.164 e. The summed E-state index contributed by atoms with van der Waals surface area (Å²) in [6, 6.07) is 69.6. The van der Waals surface area contributed by atoms with Crippen molar-refractivity contribution in [3.8, 4) is 62.1 Å².